The van der Waals surface area contributed by atoms with Gasteiger partial charge >= 0.3 is 0 Å². The van der Waals surface area contributed by atoms with Crippen molar-refractivity contribution in [2.24, 2.45) is 0 Å². The molecule has 0 amide bonds. The number of aromatic amines is 1. The van der Waals surface area contributed by atoms with Gasteiger partial charge in [0.05, 0.1) is 5.52 Å². The molecule has 0 aliphatic heterocycles. The first kappa shape index (κ1) is 9.09. The van der Waals surface area contributed by atoms with Crippen molar-refractivity contribution in [3.63, 3.8) is 0 Å². The van der Waals surface area contributed by atoms with Gasteiger partial charge in [0.15, 0.2) is 0 Å². The summed E-state index contributed by atoms with van der Waals surface area (Å²) in [6, 6.07) is 14.5. The molecule has 3 heteroatoms. The van der Waals surface area contributed by atoms with E-state index < -0.39 is 0 Å². The second-order valence-corrected chi connectivity index (χ2v) is 3.88. The van der Waals surface area contributed by atoms with Crippen LogP contribution in [0.15, 0.2) is 42.5 Å². The third-order valence-electron chi connectivity index (χ3n) is 2.69. The average molecular weight is 209 g/mol. The molecule has 3 nitrogen and oxygen atoms in total. The number of aromatic nitrogens is 3. The predicted octanol–water partition coefficient (Wildman–Crippen LogP) is 2.93. The molecule has 78 valence electrons. The number of aryl methyl sites for hydroxylation is 1. The largest absolute Gasteiger partial charge is 0.258 e. The number of H-pyrrole nitrogens is 1. The molecule has 2 aromatic carbocycles. The Bertz CT molecular complexity index is 640. The van der Waals surface area contributed by atoms with Crippen molar-refractivity contribution in [2.75, 3.05) is 0 Å². The lowest BCUT2D eigenvalue weighted by Crippen LogP contribution is -1.81. The molecular formula is C13H11N3. The Balaban J connectivity index is 2.29. The zero-order chi connectivity index (χ0) is 11.0. The summed E-state index contributed by atoms with van der Waals surface area (Å²) in [6.07, 6.45) is 0. The smallest absolute Gasteiger partial charge is 0.120 e. The molecule has 0 spiro atoms. The van der Waals surface area contributed by atoms with Gasteiger partial charge in [-0.2, -0.15) is 0 Å². The first-order valence-electron chi connectivity index (χ1n) is 5.21. The van der Waals surface area contributed by atoms with Gasteiger partial charge in [0.2, 0.25) is 0 Å². The van der Waals surface area contributed by atoms with Crippen LogP contribution in [-0.2, 0) is 0 Å². The number of nitrogens with zero attached hydrogens (tertiary/aromatic N) is 2. The van der Waals surface area contributed by atoms with Crippen molar-refractivity contribution in [1.29, 1.82) is 0 Å². The first-order chi connectivity index (χ1) is 7.84. The number of hydrogen-bond donors (Lipinski definition) is 1. The molecule has 1 N–H and O–H groups in total. The highest BCUT2D eigenvalue weighted by atomic mass is 15.3. The second-order valence-electron chi connectivity index (χ2n) is 3.88. The maximum absolute atomic E-state index is 4.12. The summed E-state index contributed by atoms with van der Waals surface area (Å²) < 4.78 is 0. The summed E-state index contributed by atoms with van der Waals surface area (Å²) >= 11 is 0. The summed E-state index contributed by atoms with van der Waals surface area (Å²) in [5, 5.41) is 10.8. The highest BCUT2D eigenvalue weighted by molar-refractivity contribution is 5.91. The highest BCUT2D eigenvalue weighted by Crippen LogP contribution is 2.26. The van der Waals surface area contributed by atoms with Gasteiger partial charge in [-0.15, -0.1) is 5.10 Å². The fourth-order valence-corrected chi connectivity index (χ4v) is 1.92. The van der Waals surface area contributed by atoms with E-state index in [0.717, 1.165) is 16.6 Å². The van der Waals surface area contributed by atoms with Crippen molar-refractivity contribution < 1.29 is 0 Å². The van der Waals surface area contributed by atoms with Crippen LogP contribution in [-0.4, -0.2) is 15.4 Å². The zero-order valence-corrected chi connectivity index (χ0v) is 8.94. The summed E-state index contributed by atoms with van der Waals surface area (Å²) in [7, 11) is 0. The molecule has 3 aromatic rings. The molecule has 0 bridgehead atoms. The van der Waals surface area contributed by atoms with E-state index in [1.165, 1.54) is 11.1 Å². The lowest BCUT2D eigenvalue weighted by molar-refractivity contribution is 0.959. The fourth-order valence-electron chi connectivity index (χ4n) is 1.92. The summed E-state index contributed by atoms with van der Waals surface area (Å²) in [5.41, 5.74) is 5.44. The minimum Gasteiger partial charge on any atom is -0.258 e. The molecule has 0 unspecified atom stereocenters. The van der Waals surface area contributed by atoms with Crippen LogP contribution in [0.2, 0.25) is 0 Å². The van der Waals surface area contributed by atoms with Gasteiger partial charge in [-0.3, -0.25) is 5.10 Å². The second kappa shape index (κ2) is 3.45. The quantitative estimate of drug-likeness (QED) is 0.669. The van der Waals surface area contributed by atoms with Crippen molar-refractivity contribution in [3.05, 3.63) is 48.0 Å². The Kier molecular flexibility index (Phi) is 1.96. The van der Waals surface area contributed by atoms with Crippen LogP contribution >= 0.6 is 0 Å². The highest BCUT2D eigenvalue weighted by Gasteiger charge is 2.05. The van der Waals surface area contributed by atoms with E-state index in [-0.39, 0.29) is 0 Å². The van der Waals surface area contributed by atoms with Gasteiger partial charge in [0, 0.05) is 5.56 Å². The van der Waals surface area contributed by atoms with Crippen LogP contribution in [0.25, 0.3) is 22.2 Å². The molecule has 3 rings (SSSR count). The molecular weight excluding hydrogens is 198 g/mol. The van der Waals surface area contributed by atoms with Crippen molar-refractivity contribution in [3.8, 4) is 11.1 Å². The van der Waals surface area contributed by atoms with Crippen LogP contribution < -0.4 is 0 Å². The van der Waals surface area contributed by atoms with Gasteiger partial charge in [-0.05, 0) is 18.6 Å². The monoisotopic (exact) mass is 209 g/mol. The van der Waals surface area contributed by atoms with Gasteiger partial charge in [0.25, 0.3) is 0 Å². The van der Waals surface area contributed by atoms with E-state index >= 15 is 0 Å². The van der Waals surface area contributed by atoms with Gasteiger partial charge in [0.1, 0.15) is 5.52 Å². The minimum absolute atomic E-state index is 0.924. The van der Waals surface area contributed by atoms with E-state index in [4.69, 9.17) is 0 Å². The Morgan fingerprint density at radius 3 is 2.81 bits per heavy atom. The SMILES string of the molecule is Cc1cccc(-c2cccc3[nH]nnc23)c1. The lowest BCUT2D eigenvalue weighted by Gasteiger charge is -2.02. The number of benzene rings is 2. The fraction of sp³-hybridized carbons (Fsp3) is 0.0769. The summed E-state index contributed by atoms with van der Waals surface area (Å²) in [6.45, 7) is 2.09. The number of rotatable bonds is 1. The Labute approximate surface area is 93.1 Å². The first-order valence-corrected chi connectivity index (χ1v) is 5.21. The number of fused-ring (bicyclic) bond motifs is 1. The standard InChI is InChI=1S/C13H11N3/c1-9-4-2-5-10(8-9)11-6-3-7-12-13(11)15-16-14-12/h2-8H,1H3,(H,14,15,16). The average Bonchev–Trinajstić information content (AvgIpc) is 2.76. The molecule has 0 saturated carbocycles. The topological polar surface area (TPSA) is 41.6 Å². The molecule has 0 aliphatic rings. The maximum Gasteiger partial charge on any atom is 0.120 e. The third-order valence-corrected chi connectivity index (χ3v) is 2.69. The molecule has 0 saturated heterocycles. The molecule has 0 aliphatic carbocycles. The molecule has 1 aromatic heterocycles. The van der Waals surface area contributed by atoms with Crippen LogP contribution in [0.4, 0.5) is 0 Å². The Morgan fingerprint density at radius 1 is 1.06 bits per heavy atom. The zero-order valence-electron chi connectivity index (χ0n) is 8.94. The number of nitrogens with one attached hydrogen (secondary N) is 1. The molecule has 0 radical (unpaired) electrons. The van der Waals surface area contributed by atoms with E-state index in [1.807, 2.05) is 12.1 Å². The molecule has 16 heavy (non-hydrogen) atoms. The van der Waals surface area contributed by atoms with Crippen LogP contribution in [0.3, 0.4) is 0 Å². The van der Waals surface area contributed by atoms with Crippen LogP contribution in [0.1, 0.15) is 5.56 Å². The Hall–Kier alpha value is -2.16. The van der Waals surface area contributed by atoms with Crippen LogP contribution in [0.5, 0.6) is 0 Å². The van der Waals surface area contributed by atoms with E-state index in [0.29, 0.717) is 0 Å². The van der Waals surface area contributed by atoms with Crippen molar-refractivity contribution in [1.82, 2.24) is 15.4 Å². The third kappa shape index (κ3) is 1.37. The van der Waals surface area contributed by atoms with Gasteiger partial charge in [-0.25, -0.2) is 0 Å². The van der Waals surface area contributed by atoms with Crippen molar-refractivity contribution >= 4 is 11.0 Å². The van der Waals surface area contributed by atoms with E-state index in [2.05, 4.69) is 52.7 Å². The Morgan fingerprint density at radius 2 is 1.94 bits per heavy atom. The van der Waals surface area contributed by atoms with Gasteiger partial charge < -0.3 is 0 Å². The van der Waals surface area contributed by atoms with Gasteiger partial charge in [-0.1, -0.05) is 47.2 Å². The summed E-state index contributed by atoms with van der Waals surface area (Å²) in [5.74, 6) is 0. The summed E-state index contributed by atoms with van der Waals surface area (Å²) in [4.78, 5) is 0. The minimum atomic E-state index is 0.924. The number of hydrogen-bond acceptors (Lipinski definition) is 2. The lowest BCUT2D eigenvalue weighted by atomic mass is 10.0. The van der Waals surface area contributed by atoms with E-state index in [9.17, 15) is 0 Å². The molecule has 0 fully saturated rings. The normalized spacial score (nSPS) is 10.8. The maximum atomic E-state index is 4.12. The molecule has 1 heterocycles. The van der Waals surface area contributed by atoms with Crippen LogP contribution in [0, 0.1) is 6.92 Å². The van der Waals surface area contributed by atoms with E-state index in [1.54, 1.807) is 0 Å². The molecule has 0 atom stereocenters. The van der Waals surface area contributed by atoms with Crippen molar-refractivity contribution in [2.45, 2.75) is 6.92 Å². The predicted molar refractivity (Wildman–Crippen MR) is 64.1 cm³/mol.